The molecular formula is C10H11NO7. The van der Waals surface area contributed by atoms with Gasteiger partial charge >= 0.3 is 5.97 Å². The van der Waals surface area contributed by atoms with E-state index >= 15 is 0 Å². The van der Waals surface area contributed by atoms with Gasteiger partial charge in [-0.1, -0.05) is 0 Å². The van der Waals surface area contributed by atoms with E-state index in [1.807, 2.05) is 0 Å². The van der Waals surface area contributed by atoms with Gasteiger partial charge in [0.15, 0.2) is 11.5 Å². The number of non-ortho nitro benzene ring substituents is 1. The van der Waals surface area contributed by atoms with Crippen LogP contribution < -0.4 is 4.74 Å². The van der Waals surface area contributed by atoms with Crippen molar-refractivity contribution >= 4 is 11.7 Å². The van der Waals surface area contributed by atoms with E-state index in [9.17, 15) is 20.0 Å². The Morgan fingerprint density at radius 3 is 2.61 bits per heavy atom. The number of nitro groups is 1. The Kier molecular flexibility index (Phi) is 4.44. The summed E-state index contributed by atoms with van der Waals surface area (Å²) in [5.41, 5.74) is -0.998. The first-order valence-corrected chi connectivity index (χ1v) is 4.83. The normalized spacial score (nSPS) is 10.1. The molecule has 8 nitrogen and oxygen atoms in total. The third-order valence-corrected chi connectivity index (χ3v) is 2.03. The van der Waals surface area contributed by atoms with Gasteiger partial charge in [0.1, 0.15) is 12.2 Å². The number of nitrogens with zero attached hydrogens (tertiary/aromatic N) is 1. The molecule has 0 spiro atoms. The van der Waals surface area contributed by atoms with Crippen molar-refractivity contribution in [2.24, 2.45) is 0 Å². The molecule has 1 rings (SSSR count). The van der Waals surface area contributed by atoms with Crippen LogP contribution in [0.2, 0.25) is 0 Å². The van der Waals surface area contributed by atoms with Crippen LogP contribution in [0.5, 0.6) is 11.5 Å². The molecule has 18 heavy (non-hydrogen) atoms. The lowest BCUT2D eigenvalue weighted by atomic mass is 10.1. The van der Waals surface area contributed by atoms with Crippen molar-refractivity contribution in [3.05, 3.63) is 27.8 Å². The highest BCUT2D eigenvalue weighted by Crippen LogP contribution is 2.34. The van der Waals surface area contributed by atoms with Crippen LogP contribution in [0, 0.1) is 10.1 Å². The minimum Gasteiger partial charge on any atom is -0.504 e. The maximum absolute atomic E-state index is 10.9. The van der Waals surface area contributed by atoms with Gasteiger partial charge in [-0.25, -0.2) is 4.79 Å². The average molecular weight is 257 g/mol. The molecule has 1 aromatic rings. The quantitative estimate of drug-likeness (QED) is 0.443. The molecule has 0 radical (unpaired) electrons. The van der Waals surface area contributed by atoms with Gasteiger partial charge in [-0.2, -0.15) is 0 Å². The number of ether oxygens (including phenoxy) is 2. The molecule has 0 aromatic heterocycles. The van der Waals surface area contributed by atoms with Crippen LogP contribution in [0.3, 0.4) is 0 Å². The van der Waals surface area contributed by atoms with Crippen molar-refractivity contribution in [1.29, 1.82) is 0 Å². The molecule has 0 bridgehead atoms. The molecule has 0 fully saturated rings. The van der Waals surface area contributed by atoms with E-state index in [-0.39, 0.29) is 19.0 Å². The largest absolute Gasteiger partial charge is 0.504 e. The third kappa shape index (κ3) is 3.08. The molecule has 0 atom stereocenters. The van der Waals surface area contributed by atoms with Gasteiger partial charge in [0, 0.05) is 13.2 Å². The molecule has 0 amide bonds. The zero-order valence-corrected chi connectivity index (χ0v) is 9.45. The Balaban J connectivity index is 3.15. The lowest BCUT2D eigenvalue weighted by Crippen LogP contribution is -2.09. The summed E-state index contributed by atoms with van der Waals surface area (Å²) in [5.74, 6) is -2.34. The zero-order chi connectivity index (χ0) is 13.7. The molecule has 0 saturated heterocycles. The molecule has 0 saturated carbocycles. The predicted octanol–water partition coefficient (Wildman–Crippen LogP) is 1.02. The molecule has 0 aliphatic rings. The Hall–Kier alpha value is -2.35. The molecule has 0 heterocycles. The van der Waals surface area contributed by atoms with Gasteiger partial charge in [-0.05, 0) is 0 Å². The number of carboxylic acid groups (broad SMARTS) is 1. The Morgan fingerprint density at radius 2 is 2.11 bits per heavy atom. The fourth-order valence-corrected chi connectivity index (χ4v) is 1.24. The number of carbonyl (C=O) groups is 1. The first kappa shape index (κ1) is 13.7. The maximum Gasteiger partial charge on any atom is 0.339 e. The SMILES string of the molecule is COCCOc1c(O)cc([N+](=O)[O-])cc1C(=O)O. The fraction of sp³-hybridized carbons (Fsp3) is 0.300. The van der Waals surface area contributed by atoms with Crippen molar-refractivity contribution < 1.29 is 29.4 Å². The molecule has 0 unspecified atom stereocenters. The molecule has 2 N–H and O–H groups in total. The van der Waals surface area contributed by atoms with Crippen LogP contribution in [0.1, 0.15) is 10.4 Å². The van der Waals surface area contributed by atoms with E-state index in [4.69, 9.17) is 14.6 Å². The topological polar surface area (TPSA) is 119 Å². The number of hydrogen-bond acceptors (Lipinski definition) is 6. The number of rotatable bonds is 6. The summed E-state index contributed by atoms with van der Waals surface area (Å²) in [5, 5.41) is 29.0. The minimum atomic E-state index is -1.43. The fourth-order valence-electron chi connectivity index (χ4n) is 1.24. The number of benzene rings is 1. The maximum atomic E-state index is 10.9. The monoisotopic (exact) mass is 257 g/mol. The number of aromatic carboxylic acids is 1. The van der Waals surface area contributed by atoms with E-state index in [0.29, 0.717) is 0 Å². The number of nitro benzene ring substituents is 1. The Morgan fingerprint density at radius 1 is 1.44 bits per heavy atom. The Labute approximate surface area is 102 Å². The summed E-state index contributed by atoms with van der Waals surface area (Å²) < 4.78 is 9.73. The van der Waals surface area contributed by atoms with Gasteiger partial charge in [-0.3, -0.25) is 10.1 Å². The second-order valence-electron chi connectivity index (χ2n) is 3.25. The van der Waals surface area contributed by atoms with Gasteiger partial charge in [-0.15, -0.1) is 0 Å². The number of phenolic OH excluding ortho intramolecular Hbond substituents is 1. The van der Waals surface area contributed by atoms with Gasteiger partial charge in [0.2, 0.25) is 0 Å². The number of carboxylic acids is 1. The van der Waals surface area contributed by atoms with Gasteiger partial charge in [0.05, 0.1) is 17.6 Å². The van der Waals surface area contributed by atoms with E-state index < -0.39 is 27.9 Å². The van der Waals surface area contributed by atoms with E-state index in [1.54, 1.807) is 0 Å². The standard InChI is InChI=1S/C10H11NO7/c1-17-2-3-18-9-7(10(13)14)4-6(11(15)16)5-8(9)12/h4-5,12H,2-3H2,1H3,(H,13,14). The zero-order valence-electron chi connectivity index (χ0n) is 9.45. The van der Waals surface area contributed by atoms with Crippen molar-refractivity contribution in [3.8, 4) is 11.5 Å². The summed E-state index contributed by atoms with van der Waals surface area (Å²) in [6, 6.07) is 1.65. The number of aromatic hydroxyl groups is 1. The number of phenols is 1. The molecule has 98 valence electrons. The minimum absolute atomic E-state index is 0.0160. The first-order chi connectivity index (χ1) is 8.47. The van der Waals surface area contributed by atoms with Crippen molar-refractivity contribution in [1.82, 2.24) is 0 Å². The lowest BCUT2D eigenvalue weighted by molar-refractivity contribution is -0.385. The molecule has 0 aliphatic carbocycles. The van der Waals surface area contributed by atoms with E-state index in [2.05, 4.69) is 0 Å². The highest BCUT2D eigenvalue weighted by atomic mass is 16.6. The van der Waals surface area contributed by atoms with Crippen molar-refractivity contribution in [2.75, 3.05) is 20.3 Å². The van der Waals surface area contributed by atoms with Crippen molar-refractivity contribution in [2.45, 2.75) is 0 Å². The number of hydrogen-bond donors (Lipinski definition) is 2. The van der Waals surface area contributed by atoms with Crippen LogP contribution in [0.15, 0.2) is 12.1 Å². The van der Waals surface area contributed by atoms with Gasteiger partial charge < -0.3 is 19.7 Å². The van der Waals surface area contributed by atoms with E-state index in [0.717, 1.165) is 12.1 Å². The van der Waals surface area contributed by atoms with Crippen molar-refractivity contribution in [3.63, 3.8) is 0 Å². The third-order valence-electron chi connectivity index (χ3n) is 2.03. The lowest BCUT2D eigenvalue weighted by Gasteiger charge is -2.10. The van der Waals surface area contributed by atoms with Crippen LogP contribution in [-0.4, -0.2) is 41.4 Å². The van der Waals surface area contributed by atoms with E-state index in [1.165, 1.54) is 7.11 Å². The molecule has 0 aliphatic heterocycles. The molecule has 8 heteroatoms. The summed E-state index contributed by atoms with van der Waals surface area (Å²) in [6.07, 6.45) is 0. The van der Waals surface area contributed by atoms with Crippen LogP contribution in [-0.2, 0) is 4.74 Å². The van der Waals surface area contributed by atoms with Crippen LogP contribution in [0.25, 0.3) is 0 Å². The van der Waals surface area contributed by atoms with Gasteiger partial charge in [0.25, 0.3) is 5.69 Å². The Bertz CT molecular complexity index is 472. The number of methoxy groups -OCH3 is 1. The second kappa shape index (κ2) is 5.82. The smallest absolute Gasteiger partial charge is 0.339 e. The van der Waals surface area contributed by atoms with Crippen LogP contribution >= 0.6 is 0 Å². The molecular weight excluding hydrogens is 246 g/mol. The first-order valence-electron chi connectivity index (χ1n) is 4.83. The highest BCUT2D eigenvalue weighted by Gasteiger charge is 2.21. The summed E-state index contributed by atoms with van der Waals surface area (Å²) >= 11 is 0. The summed E-state index contributed by atoms with van der Waals surface area (Å²) in [6.45, 7) is 0.206. The average Bonchev–Trinajstić information content (AvgIpc) is 2.30. The summed E-state index contributed by atoms with van der Waals surface area (Å²) in [7, 11) is 1.43. The van der Waals surface area contributed by atoms with Crippen LogP contribution in [0.4, 0.5) is 5.69 Å². The second-order valence-corrected chi connectivity index (χ2v) is 3.25. The predicted molar refractivity (Wildman–Crippen MR) is 59.1 cm³/mol. The molecule has 1 aromatic carbocycles. The summed E-state index contributed by atoms with van der Waals surface area (Å²) in [4.78, 5) is 20.7. The highest BCUT2D eigenvalue weighted by molar-refractivity contribution is 5.93.